The molecule has 0 fully saturated rings. The first-order valence-corrected chi connectivity index (χ1v) is 1.95. The van der Waals surface area contributed by atoms with Crippen LogP contribution in [0.4, 0.5) is 0 Å². The zero-order chi connectivity index (χ0) is 5.70. The van der Waals surface area contributed by atoms with Crippen molar-refractivity contribution in [1.82, 2.24) is 0 Å². The maximum atomic E-state index is 9.88. The quantitative estimate of drug-likeness (QED) is 0.312. The Morgan fingerprint density at radius 3 is 2.50 bits per heavy atom. The molecule has 0 aliphatic rings. The standard InChI is InChI=1S/C4H8O3.Na/c1-2-7-4(6)3-5;/h3,5-6H,2H2,1H3;/q;+1/p-1/b4-3-;. The molecule has 0 bridgehead atoms. The molecule has 1 N–H and O–H groups in total. The largest absolute Gasteiger partial charge is 1.00 e. The van der Waals surface area contributed by atoms with Gasteiger partial charge in [-0.2, -0.15) is 0 Å². The molecule has 0 atom stereocenters. The third-order valence-electron chi connectivity index (χ3n) is 0.392. The minimum absolute atomic E-state index is 0. The van der Waals surface area contributed by atoms with Crippen molar-refractivity contribution in [2.75, 3.05) is 6.61 Å². The van der Waals surface area contributed by atoms with Crippen LogP contribution in [0, 0.1) is 0 Å². The molecule has 0 saturated heterocycles. The molecule has 8 heavy (non-hydrogen) atoms. The van der Waals surface area contributed by atoms with Crippen LogP contribution in [0.1, 0.15) is 6.92 Å². The summed E-state index contributed by atoms with van der Waals surface area (Å²) in [7, 11) is 0. The minimum Gasteiger partial charge on any atom is -0.611 e. The molecule has 42 valence electrons. The normalized spacial score (nSPS) is 9.88. The van der Waals surface area contributed by atoms with Gasteiger partial charge in [-0.05, 0) is 6.61 Å². The fraction of sp³-hybridized carbons (Fsp3) is 0.500. The summed E-state index contributed by atoms with van der Waals surface area (Å²) in [5.41, 5.74) is 0. The van der Waals surface area contributed by atoms with Crippen LogP contribution in [0.3, 0.4) is 0 Å². The van der Waals surface area contributed by atoms with Crippen molar-refractivity contribution in [3.8, 4) is 0 Å². The second-order valence-corrected chi connectivity index (χ2v) is 0.881. The average Bonchev–Trinajstić information content (AvgIpc) is 1.68. The van der Waals surface area contributed by atoms with E-state index in [1.807, 2.05) is 0 Å². The summed E-state index contributed by atoms with van der Waals surface area (Å²) in [6, 6.07) is 0. The van der Waals surface area contributed by atoms with E-state index in [2.05, 4.69) is 4.74 Å². The predicted octanol–water partition coefficient (Wildman–Crippen LogP) is -3.26. The molecule has 0 amide bonds. The van der Waals surface area contributed by atoms with Gasteiger partial charge in [0.25, 0.3) is 0 Å². The predicted molar refractivity (Wildman–Crippen MR) is 22.3 cm³/mol. The fourth-order valence-electron chi connectivity index (χ4n) is 0.180. The van der Waals surface area contributed by atoms with E-state index in [1.165, 1.54) is 0 Å². The smallest absolute Gasteiger partial charge is 0.611 e. The zero-order valence-electron chi connectivity index (χ0n) is 5.05. The Kier molecular flexibility index (Phi) is 9.82. The molecule has 0 aliphatic heterocycles. The van der Waals surface area contributed by atoms with Crippen molar-refractivity contribution in [2.24, 2.45) is 0 Å². The molecule has 0 radical (unpaired) electrons. The third-order valence-corrected chi connectivity index (χ3v) is 0.392. The Balaban J connectivity index is 0. The Labute approximate surface area is 70.3 Å². The van der Waals surface area contributed by atoms with Crippen LogP contribution in [-0.2, 0) is 4.74 Å². The molecule has 0 spiro atoms. The second-order valence-electron chi connectivity index (χ2n) is 0.881. The number of aliphatic hydroxyl groups is 1. The van der Waals surface area contributed by atoms with Crippen LogP contribution in [0.25, 0.3) is 0 Å². The molecular weight excluding hydrogens is 119 g/mol. The summed E-state index contributed by atoms with van der Waals surface area (Å²) < 4.78 is 4.25. The van der Waals surface area contributed by atoms with Crippen LogP contribution in [0.5, 0.6) is 0 Å². The van der Waals surface area contributed by atoms with Crippen LogP contribution in [-0.4, -0.2) is 11.7 Å². The molecular formula is C4H7NaO3. The van der Waals surface area contributed by atoms with Crippen molar-refractivity contribution >= 4 is 0 Å². The van der Waals surface area contributed by atoms with E-state index >= 15 is 0 Å². The van der Waals surface area contributed by atoms with E-state index < -0.39 is 5.95 Å². The van der Waals surface area contributed by atoms with Gasteiger partial charge >= 0.3 is 29.6 Å². The first-order chi connectivity index (χ1) is 3.31. The number of hydrogen-bond acceptors (Lipinski definition) is 3. The summed E-state index contributed by atoms with van der Waals surface area (Å²) in [6.07, 6.45) is 0.392. The second kappa shape index (κ2) is 7.14. The fourth-order valence-corrected chi connectivity index (χ4v) is 0.180. The first kappa shape index (κ1) is 11.0. The first-order valence-electron chi connectivity index (χ1n) is 1.95. The van der Waals surface area contributed by atoms with Crippen molar-refractivity contribution in [2.45, 2.75) is 6.92 Å². The van der Waals surface area contributed by atoms with Crippen molar-refractivity contribution in [3.05, 3.63) is 12.2 Å². The number of rotatable bonds is 2. The molecule has 0 aliphatic carbocycles. The minimum atomic E-state index is -0.692. The van der Waals surface area contributed by atoms with E-state index in [1.54, 1.807) is 6.92 Å². The van der Waals surface area contributed by atoms with Crippen LogP contribution >= 0.6 is 0 Å². The molecule has 0 aromatic carbocycles. The number of ether oxygens (including phenoxy) is 1. The molecule has 0 saturated carbocycles. The molecule has 0 aromatic heterocycles. The van der Waals surface area contributed by atoms with Crippen LogP contribution in [0.15, 0.2) is 12.2 Å². The van der Waals surface area contributed by atoms with Gasteiger partial charge in [-0.3, -0.25) is 0 Å². The van der Waals surface area contributed by atoms with E-state index in [4.69, 9.17) is 5.11 Å². The summed E-state index contributed by atoms with van der Waals surface area (Å²) >= 11 is 0. The third kappa shape index (κ3) is 6.14. The van der Waals surface area contributed by atoms with Gasteiger partial charge in [0, 0.05) is 0 Å². The van der Waals surface area contributed by atoms with Gasteiger partial charge in [-0.25, -0.2) is 0 Å². The molecule has 4 heteroatoms. The van der Waals surface area contributed by atoms with Gasteiger partial charge in [0.2, 0.25) is 0 Å². The Morgan fingerprint density at radius 2 is 2.38 bits per heavy atom. The topological polar surface area (TPSA) is 52.5 Å². The van der Waals surface area contributed by atoms with Crippen molar-refractivity contribution in [3.63, 3.8) is 0 Å². The summed E-state index contributed by atoms with van der Waals surface area (Å²) in [5.74, 6) is -0.692. The summed E-state index contributed by atoms with van der Waals surface area (Å²) in [5, 5.41) is 17.8. The SMILES string of the molecule is CCO/C([O-])=C\O.[Na+]. The number of aliphatic hydroxyl groups excluding tert-OH is 1. The Bertz CT molecular complexity index is 71.7. The Morgan fingerprint density at radius 1 is 1.88 bits per heavy atom. The van der Waals surface area contributed by atoms with Crippen LogP contribution in [0.2, 0.25) is 0 Å². The zero-order valence-corrected chi connectivity index (χ0v) is 7.05. The molecule has 0 aromatic rings. The van der Waals surface area contributed by atoms with Gasteiger partial charge < -0.3 is 14.9 Å². The number of hydrogen-bond donors (Lipinski definition) is 1. The average molecular weight is 126 g/mol. The molecule has 0 heterocycles. The van der Waals surface area contributed by atoms with E-state index in [0.29, 0.717) is 12.9 Å². The Hall–Kier alpha value is 0.140. The summed E-state index contributed by atoms with van der Waals surface area (Å²) in [6.45, 7) is 1.97. The van der Waals surface area contributed by atoms with E-state index in [-0.39, 0.29) is 29.6 Å². The molecule has 3 nitrogen and oxygen atoms in total. The van der Waals surface area contributed by atoms with Crippen molar-refractivity contribution in [1.29, 1.82) is 0 Å². The molecule has 0 unspecified atom stereocenters. The van der Waals surface area contributed by atoms with Gasteiger partial charge in [-0.1, -0.05) is 6.92 Å². The maximum absolute atomic E-state index is 9.88. The monoisotopic (exact) mass is 126 g/mol. The molecule has 0 rings (SSSR count). The van der Waals surface area contributed by atoms with E-state index in [0.717, 1.165) is 0 Å². The van der Waals surface area contributed by atoms with Gasteiger partial charge in [0.1, 0.15) is 6.26 Å². The van der Waals surface area contributed by atoms with Crippen molar-refractivity contribution < 1.29 is 44.5 Å². The van der Waals surface area contributed by atoms with Gasteiger partial charge in [-0.15, -0.1) is 0 Å². The van der Waals surface area contributed by atoms with E-state index in [9.17, 15) is 5.11 Å². The maximum Gasteiger partial charge on any atom is 1.00 e. The van der Waals surface area contributed by atoms with Gasteiger partial charge in [0.15, 0.2) is 0 Å². The summed E-state index contributed by atoms with van der Waals surface area (Å²) in [4.78, 5) is 0. The van der Waals surface area contributed by atoms with Crippen LogP contribution < -0.4 is 34.7 Å². The van der Waals surface area contributed by atoms with Gasteiger partial charge in [0.05, 0.1) is 5.95 Å².